The van der Waals surface area contributed by atoms with Gasteiger partial charge in [0.05, 0.1) is 5.60 Å². The minimum atomic E-state index is -0.719. The number of hydrogen-bond acceptors (Lipinski definition) is 3. The van der Waals surface area contributed by atoms with E-state index in [0.717, 1.165) is 18.7 Å². The molecule has 1 aromatic rings. The molecule has 4 nitrogen and oxygen atoms in total. The number of rotatable bonds is 2. The van der Waals surface area contributed by atoms with Crippen LogP contribution in [-0.2, 0) is 0 Å². The molecule has 2 aliphatic rings. The second kappa shape index (κ2) is 5.82. The molecule has 1 amide bonds. The van der Waals surface area contributed by atoms with E-state index in [2.05, 4.69) is 17.0 Å². The van der Waals surface area contributed by atoms with Crippen molar-refractivity contribution in [3.8, 4) is 0 Å². The number of hydrogen-bond donors (Lipinski definition) is 1. The summed E-state index contributed by atoms with van der Waals surface area (Å²) in [5.41, 5.74) is 0.936. The van der Waals surface area contributed by atoms with Crippen molar-refractivity contribution in [3.63, 3.8) is 0 Å². The van der Waals surface area contributed by atoms with Gasteiger partial charge >= 0.3 is 0 Å². The van der Waals surface area contributed by atoms with Gasteiger partial charge in [0.2, 0.25) is 0 Å². The summed E-state index contributed by atoms with van der Waals surface area (Å²) in [6, 6.07) is 8.00. The Balaban J connectivity index is 1.71. The van der Waals surface area contributed by atoms with Crippen LogP contribution < -0.4 is 4.90 Å². The topological polar surface area (TPSA) is 43.8 Å². The molecule has 1 N–H and O–H groups in total. The van der Waals surface area contributed by atoms with Crippen LogP contribution in [0.3, 0.4) is 0 Å². The Labute approximate surface area is 139 Å². The number of anilines is 1. The van der Waals surface area contributed by atoms with E-state index in [4.69, 9.17) is 0 Å². The van der Waals surface area contributed by atoms with E-state index in [1.165, 1.54) is 18.5 Å². The summed E-state index contributed by atoms with van der Waals surface area (Å²) in [5, 5.41) is 10.5. The van der Waals surface area contributed by atoms with E-state index < -0.39 is 5.60 Å². The average Bonchev–Trinajstić information content (AvgIpc) is 3.04. The van der Waals surface area contributed by atoms with Crippen molar-refractivity contribution in [2.24, 2.45) is 5.41 Å². The molecule has 1 aromatic carbocycles. The first-order valence-electron chi connectivity index (χ1n) is 8.67. The summed E-state index contributed by atoms with van der Waals surface area (Å²) in [5.74, 6) is 0.0709. The summed E-state index contributed by atoms with van der Waals surface area (Å²) in [6.45, 7) is 9.37. The van der Waals surface area contributed by atoms with E-state index in [0.29, 0.717) is 19.5 Å². The summed E-state index contributed by atoms with van der Waals surface area (Å²) >= 11 is 0. The number of aliphatic hydroxyl groups is 1. The van der Waals surface area contributed by atoms with Gasteiger partial charge in [0.15, 0.2) is 0 Å². The standard InChI is InChI=1S/C19H28N2O2/c1-18(2)14-21(13-10-19(18,3)23)17(22)15-6-8-16(9-7-15)20-11-4-5-12-20/h6-9,23H,4-5,10-14H2,1-3H3/t19-/m0/s1. The van der Waals surface area contributed by atoms with Crippen molar-refractivity contribution in [1.82, 2.24) is 4.90 Å². The van der Waals surface area contributed by atoms with Gasteiger partial charge < -0.3 is 14.9 Å². The summed E-state index contributed by atoms with van der Waals surface area (Å²) in [6.07, 6.45) is 3.13. The number of benzene rings is 1. The molecular formula is C19H28N2O2. The lowest BCUT2D eigenvalue weighted by Crippen LogP contribution is -2.56. The molecule has 0 bridgehead atoms. The smallest absolute Gasteiger partial charge is 0.253 e. The van der Waals surface area contributed by atoms with Crippen LogP contribution in [0, 0.1) is 5.41 Å². The predicted molar refractivity (Wildman–Crippen MR) is 92.8 cm³/mol. The third kappa shape index (κ3) is 3.09. The molecule has 2 fully saturated rings. The molecule has 1 atom stereocenters. The third-order valence-corrected chi connectivity index (χ3v) is 5.79. The first-order chi connectivity index (χ1) is 10.8. The maximum Gasteiger partial charge on any atom is 0.253 e. The van der Waals surface area contributed by atoms with E-state index in [1.54, 1.807) is 0 Å². The van der Waals surface area contributed by atoms with Gasteiger partial charge in [-0.15, -0.1) is 0 Å². The highest BCUT2D eigenvalue weighted by atomic mass is 16.3. The van der Waals surface area contributed by atoms with Crippen molar-refractivity contribution in [3.05, 3.63) is 29.8 Å². The molecule has 0 saturated carbocycles. The minimum Gasteiger partial charge on any atom is -0.389 e. The van der Waals surface area contributed by atoms with Crippen LogP contribution in [0.5, 0.6) is 0 Å². The number of carbonyl (C=O) groups is 1. The van der Waals surface area contributed by atoms with E-state index in [1.807, 2.05) is 37.8 Å². The van der Waals surface area contributed by atoms with Gasteiger partial charge in [0.1, 0.15) is 0 Å². The average molecular weight is 316 g/mol. The minimum absolute atomic E-state index is 0.0709. The lowest BCUT2D eigenvalue weighted by Gasteiger charge is -2.48. The monoisotopic (exact) mass is 316 g/mol. The zero-order valence-corrected chi connectivity index (χ0v) is 14.5. The number of nitrogens with zero attached hydrogens (tertiary/aromatic N) is 2. The molecule has 2 saturated heterocycles. The normalized spacial score (nSPS) is 27.3. The molecule has 2 aliphatic heterocycles. The van der Waals surface area contributed by atoms with E-state index >= 15 is 0 Å². The molecule has 126 valence electrons. The number of piperidine rings is 1. The fraction of sp³-hybridized carbons (Fsp3) is 0.632. The van der Waals surface area contributed by atoms with Crippen molar-refractivity contribution >= 4 is 11.6 Å². The molecule has 0 radical (unpaired) electrons. The lowest BCUT2D eigenvalue weighted by molar-refractivity contribution is -0.0971. The largest absolute Gasteiger partial charge is 0.389 e. The SMILES string of the molecule is CC1(C)CN(C(=O)c2ccc(N3CCCC3)cc2)CC[C@]1(C)O. The second-order valence-electron chi connectivity index (χ2n) is 7.88. The fourth-order valence-electron chi connectivity index (χ4n) is 3.56. The molecule has 0 aromatic heterocycles. The first kappa shape index (κ1) is 16.3. The Morgan fingerprint density at radius 3 is 2.22 bits per heavy atom. The highest BCUT2D eigenvalue weighted by Crippen LogP contribution is 2.38. The highest BCUT2D eigenvalue weighted by Gasteiger charge is 2.45. The third-order valence-electron chi connectivity index (χ3n) is 5.79. The first-order valence-corrected chi connectivity index (χ1v) is 8.67. The molecule has 3 rings (SSSR count). The van der Waals surface area contributed by atoms with Gasteiger partial charge in [0, 0.05) is 42.8 Å². The van der Waals surface area contributed by atoms with E-state index in [9.17, 15) is 9.90 Å². The molecule has 0 spiro atoms. The second-order valence-corrected chi connectivity index (χ2v) is 7.88. The van der Waals surface area contributed by atoms with Crippen LogP contribution in [0.4, 0.5) is 5.69 Å². The molecule has 0 unspecified atom stereocenters. The van der Waals surface area contributed by atoms with Crippen molar-refractivity contribution in [1.29, 1.82) is 0 Å². The van der Waals surface area contributed by atoms with Gasteiger partial charge in [-0.25, -0.2) is 0 Å². The van der Waals surface area contributed by atoms with Gasteiger partial charge in [-0.05, 0) is 50.5 Å². The lowest BCUT2D eigenvalue weighted by atomic mass is 9.71. The van der Waals surface area contributed by atoms with Crippen LogP contribution in [0.15, 0.2) is 24.3 Å². The Kier molecular flexibility index (Phi) is 4.13. The quantitative estimate of drug-likeness (QED) is 0.912. The molecule has 0 aliphatic carbocycles. The maximum absolute atomic E-state index is 12.8. The van der Waals surface area contributed by atoms with Crippen molar-refractivity contribution < 1.29 is 9.90 Å². The van der Waals surface area contributed by atoms with Crippen molar-refractivity contribution in [2.75, 3.05) is 31.1 Å². The fourth-order valence-corrected chi connectivity index (χ4v) is 3.56. The number of likely N-dealkylation sites (tertiary alicyclic amines) is 1. The highest BCUT2D eigenvalue weighted by molar-refractivity contribution is 5.94. The summed E-state index contributed by atoms with van der Waals surface area (Å²) in [4.78, 5) is 17.0. The van der Waals surface area contributed by atoms with Crippen molar-refractivity contribution in [2.45, 2.75) is 45.6 Å². The van der Waals surface area contributed by atoms with Crippen LogP contribution >= 0.6 is 0 Å². The zero-order chi connectivity index (χ0) is 16.7. The summed E-state index contributed by atoms with van der Waals surface area (Å²) in [7, 11) is 0. The Morgan fingerprint density at radius 1 is 1.04 bits per heavy atom. The van der Waals surface area contributed by atoms with E-state index in [-0.39, 0.29) is 11.3 Å². The molecular weight excluding hydrogens is 288 g/mol. The van der Waals surface area contributed by atoms with Gasteiger partial charge in [-0.3, -0.25) is 4.79 Å². The zero-order valence-electron chi connectivity index (χ0n) is 14.5. The molecule has 4 heteroatoms. The Morgan fingerprint density at radius 2 is 1.65 bits per heavy atom. The van der Waals surface area contributed by atoms with Crippen LogP contribution in [0.25, 0.3) is 0 Å². The van der Waals surface area contributed by atoms with Gasteiger partial charge in [-0.2, -0.15) is 0 Å². The number of amides is 1. The van der Waals surface area contributed by atoms with Crippen LogP contribution in [0.1, 0.15) is 50.4 Å². The van der Waals surface area contributed by atoms with Gasteiger partial charge in [-0.1, -0.05) is 13.8 Å². The molecule has 2 heterocycles. The van der Waals surface area contributed by atoms with Gasteiger partial charge in [0.25, 0.3) is 5.91 Å². The summed E-state index contributed by atoms with van der Waals surface area (Å²) < 4.78 is 0. The molecule has 23 heavy (non-hydrogen) atoms. The Hall–Kier alpha value is -1.55. The Bertz CT molecular complexity index is 572. The van der Waals surface area contributed by atoms with Crippen LogP contribution in [0.2, 0.25) is 0 Å². The van der Waals surface area contributed by atoms with Crippen LogP contribution in [-0.4, -0.2) is 47.7 Å². The number of carbonyl (C=O) groups excluding carboxylic acids is 1. The maximum atomic E-state index is 12.8. The predicted octanol–water partition coefficient (Wildman–Crippen LogP) is 2.91.